The summed E-state index contributed by atoms with van der Waals surface area (Å²) < 4.78 is 17.0. The minimum Gasteiger partial charge on any atom is -0.493 e. The number of methoxy groups -OCH3 is 2. The van der Waals surface area contributed by atoms with Crippen molar-refractivity contribution in [2.75, 3.05) is 41.0 Å². The molecule has 1 aromatic carbocycles. The van der Waals surface area contributed by atoms with Gasteiger partial charge in [-0.3, -0.25) is 4.99 Å². The highest BCUT2D eigenvalue weighted by atomic mass is 127. The Labute approximate surface area is 186 Å². The van der Waals surface area contributed by atoms with Crippen molar-refractivity contribution in [1.82, 2.24) is 10.2 Å². The summed E-state index contributed by atoms with van der Waals surface area (Å²) in [4.78, 5) is 6.75. The van der Waals surface area contributed by atoms with Crippen molar-refractivity contribution < 1.29 is 14.2 Å². The fourth-order valence-corrected chi connectivity index (χ4v) is 4.02. The third kappa shape index (κ3) is 6.14. The van der Waals surface area contributed by atoms with Gasteiger partial charge in [0.1, 0.15) is 0 Å². The topological polar surface area (TPSA) is 55.3 Å². The molecule has 1 aliphatic heterocycles. The van der Waals surface area contributed by atoms with Crippen molar-refractivity contribution >= 4 is 29.9 Å². The first kappa shape index (κ1) is 23.1. The van der Waals surface area contributed by atoms with Gasteiger partial charge in [0.15, 0.2) is 17.5 Å². The van der Waals surface area contributed by atoms with E-state index in [2.05, 4.69) is 27.3 Å². The standard InChI is InChI=1S/C21H33N3O3.HI/c1-22-21(24-11-10-17(14-24)15-25-2)23-13-16-8-9-19(20(12-16)26-3)27-18-6-4-5-7-18;/h8-9,12,17-18H,4-7,10-11,13-15H2,1-3H3,(H,22,23);1H. The number of nitrogens with one attached hydrogen (secondary N) is 1. The minimum atomic E-state index is 0. The smallest absolute Gasteiger partial charge is 0.193 e. The van der Waals surface area contributed by atoms with Crippen LogP contribution >= 0.6 is 24.0 Å². The van der Waals surface area contributed by atoms with E-state index in [1.54, 1.807) is 14.2 Å². The highest BCUT2D eigenvalue weighted by molar-refractivity contribution is 14.0. The van der Waals surface area contributed by atoms with E-state index in [0.29, 0.717) is 18.6 Å². The Morgan fingerprint density at radius 3 is 2.64 bits per heavy atom. The van der Waals surface area contributed by atoms with E-state index in [1.807, 2.05) is 13.1 Å². The lowest BCUT2D eigenvalue weighted by Crippen LogP contribution is -2.39. The van der Waals surface area contributed by atoms with Crippen molar-refractivity contribution in [1.29, 1.82) is 0 Å². The molecule has 1 saturated carbocycles. The number of aliphatic imine (C=N–C) groups is 1. The summed E-state index contributed by atoms with van der Waals surface area (Å²) in [5, 5.41) is 3.47. The Bertz CT molecular complexity index is 635. The van der Waals surface area contributed by atoms with Crippen LogP contribution in [-0.4, -0.2) is 57.9 Å². The predicted octanol–water partition coefficient (Wildman–Crippen LogP) is 3.68. The molecule has 0 aromatic heterocycles. The molecular weight excluding hydrogens is 469 g/mol. The first-order valence-corrected chi connectivity index (χ1v) is 10.0. The number of rotatable bonds is 7. The average Bonchev–Trinajstić information content (AvgIpc) is 3.36. The molecule has 1 aromatic rings. The monoisotopic (exact) mass is 503 g/mol. The van der Waals surface area contributed by atoms with E-state index in [0.717, 1.165) is 62.0 Å². The summed E-state index contributed by atoms with van der Waals surface area (Å²) in [7, 11) is 5.31. The van der Waals surface area contributed by atoms with Crippen LogP contribution in [0, 0.1) is 5.92 Å². The lowest BCUT2D eigenvalue weighted by Gasteiger charge is -2.22. The summed E-state index contributed by atoms with van der Waals surface area (Å²) >= 11 is 0. The summed E-state index contributed by atoms with van der Waals surface area (Å²) in [6, 6.07) is 6.19. The van der Waals surface area contributed by atoms with Gasteiger partial charge in [0.25, 0.3) is 0 Å². The molecule has 1 unspecified atom stereocenters. The molecule has 0 radical (unpaired) electrons. The van der Waals surface area contributed by atoms with Gasteiger partial charge in [0.2, 0.25) is 0 Å². The van der Waals surface area contributed by atoms with Crippen LogP contribution in [0.3, 0.4) is 0 Å². The zero-order valence-corrected chi connectivity index (χ0v) is 19.6. The average molecular weight is 503 g/mol. The van der Waals surface area contributed by atoms with Crippen LogP contribution in [0.15, 0.2) is 23.2 Å². The summed E-state index contributed by atoms with van der Waals surface area (Å²) in [6.07, 6.45) is 6.28. The predicted molar refractivity (Wildman–Crippen MR) is 123 cm³/mol. The maximum Gasteiger partial charge on any atom is 0.193 e. The molecule has 28 heavy (non-hydrogen) atoms. The molecular formula is C21H34IN3O3. The number of benzene rings is 1. The highest BCUT2D eigenvalue weighted by Gasteiger charge is 2.24. The molecule has 6 nitrogen and oxygen atoms in total. The zero-order chi connectivity index (χ0) is 19.1. The van der Waals surface area contributed by atoms with Crippen LogP contribution in [0.2, 0.25) is 0 Å². The first-order chi connectivity index (χ1) is 13.2. The number of nitrogens with zero attached hydrogens (tertiary/aromatic N) is 2. The van der Waals surface area contributed by atoms with Crippen LogP contribution in [0.4, 0.5) is 0 Å². The fourth-order valence-electron chi connectivity index (χ4n) is 4.02. The van der Waals surface area contributed by atoms with Gasteiger partial charge in [0, 0.05) is 39.7 Å². The van der Waals surface area contributed by atoms with Crippen LogP contribution in [0.5, 0.6) is 11.5 Å². The van der Waals surface area contributed by atoms with Gasteiger partial charge in [-0.2, -0.15) is 0 Å². The summed E-state index contributed by atoms with van der Waals surface area (Å²) in [6.45, 7) is 3.53. The van der Waals surface area contributed by atoms with Crippen LogP contribution in [0.1, 0.15) is 37.7 Å². The molecule has 0 amide bonds. The lowest BCUT2D eigenvalue weighted by molar-refractivity contribution is 0.157. The highest BCUT2D eigenvalue weighted by Crippen LogP contribution is 2.32. The van der Waals surface area contributed by atoms with E-state index in [-0.39, 0.29) is 24.0 Å². The Balaban J connectivity index is 0.00000280. The largest absolute Gasteiger partial charge is 0.493 e. The van der Waals surface area contributed by atoms with E-state index in [1.165, 1.54) is 12.8 Å². The third-order valence-corrected chi connectivity index (χ3v) is 5.47. The number of likely N-dealkylation sites (tertiary alicyclic amines) is 1. The van der Waals surface area contributed by atoms with Gasteiger partial charge in [-0.1, -0.05) is 6.07 Å². The first-order valence-electron chi connectivity index (χ1n) is 10.0. The van der Waals surface area contributed by atoms with Crippen molar-refractivity contribution in [3.05, 3.63) is 23.8 Å². The maximum absolute atomic E-state index is 6.13. The van der Waals surface area contributed by atoms with E-state index in [4.69, 9.17) is 14.2 Å². The van der Waals surface area contributed by atoms with E-state index >= 15 is 0 Å². The van der Waals surface area contributed by atoms with E-state index < -0.39 is 0 Å². The summed E-state index contributed by atoms with van der Waals surface area (Å²) in [5.74, 6) is 3.18. The van der Waals surface area contributed by atoms with Gasteiger partial charge < -0.3 is 24.4 Å². The number of hydrogen-bond acceptors (Lipinski definition) is 4. The molecule has 3 rings (SSSR count). The molecule has 2 aliphatic rings. The molecule has 2 fully saturated rings. The molecule has 1 heterocycles. The van der Waals surface area contributed by atoms with E-state index in [9.17, 15) is 0 Å². The Hall–Kier alpha value is -1.22. The quantitative estimate of drug-likeness (QED) is 0.350. The Morgan fingerprint density at radius 1 is 1.18 bits per heavy atom. The van der Waals surface area contributed by atoms with Crippen molar-refractivity contribution in [2.24, 2.45) is 10.9 Å². The second-order valence-corrected chi connectivity index (χ2v) is 7.47. The molecule has 1 N–H and O–H groups in total. The van der Waals surface area contributed by atoms with Crippen molar-refractivity contribution in [3.8, 4) is 11.5 Å². The number of ether oxygens (including phenoxy) is 3. The molecule has 1 atom stereocenters. The van der Waals surface area contributed by atoms with Crippen LogP contribution < -0.4 is 14.8 Å². The van der Waals surface area contributed by atoms with Gasteiger partial charge >= 0.3 is 0 Å². The van der Waals surface area contributed by atoms with Crippen molar-refractivity contribution in [2.45, 2.75) is 44.8 Å². The lowest BCUT2D eigenvalue weighted by atomic mass is 10.1. The van der Waals surface area contributed by atoms with Gasteiger partial charge in [-0.25, -0.2) is 0 Å². The SMILES string of the molecule is CN=C(NCc1ccc(OC2CCCC2)c(OC)c1)N1CCC(COC)C1.I. The van der Waals surface area contributed by atoms with Crippen molar-refractivity contribution in [3.63, 3.8) is 0 Å². The Morgan fingerprint density at radius 2 is 1.96 bits per heavy atom. The van der Waals surface area contributed by atoms with Crippen LogP contribution in [-0.2, 0) is 11.3 Å². The number of guanidine groups is 1. The van der Waals surface area contributed by atoms with Gasteiger partial charge in [0.05, 0.1) is 19.8 Å². The molecule has 0 spiro atoms. The third-order valence-electron chi connectivity index (χ3n) is 5.47. The Kier molecular flexibility index (Phi) is 9.64. The zero-order valence-electron chi connectivity index (χ0n) is 17.3. The molecule has 1 saturated heterocycles. The number of halogens is 1. The molecule has 0 bridgehead atoms. The van der Waals surface area contributed by atoms with Gasteiger partial charge in [-0.05, 0) is 49.8 Å². The molecule has 1 aliphatic carbocycles. The normalized spacial score (nSPS) is 20.2. The minimum absolute atomic E-state index is 0. The summed E-state index contributed by atoms with van der Waals surface area (Å²) in [5.41, 5.74) is 1.15. The molecule has 7 heteroatoms. The second-order valence-electron chi connectivity index (χ2n) is 7.47. The fraction of sp³-hybridized carbons (Fsp3) is 0.667. The van der Waals surface area contributed by atoms with Crippen LogP contribution in [0.25, 0.3) is 0 Å². The number of hydrogen-bond donors (Lipinski definition) is 1. The maximum atomic E-state index is 6.13. The second kappa shape index (κ2) is 11.7. The molecule has 158 valence electrons. The van der Waals surface area contributed by atoms with Gasteiger partial charge in [-0.15, -0.1) is 24.0 Å².